The highest BCUT2D eigenvalue weighted by Gasteiger charge is 1.88. The van der Waals surface area contributed by atoms with Crippen LogP contribution in [0, 0.1) is 6.92 Å². The fourth-order valence-electron chi connectivity index (χ4n) is 1.20. The largest absolute Gasteiger partial charge is 0.258 e. The van der Waals surface area contributed by atoms with Crippen LogP contribution >= 0.6 is 0 Å². The molecular formula is C12H18N2. The summed E-state index contributed by atoms with van der Waals surface area (Å²) in [6.45, 7) is 4.16. The maximum absolute atomic E-state index is 4.25. The Balaban J connectivity index is 2.33. The summed E-state index contributed by atoms with van der Waals surface area (Å²) in [4.78, 5) is 8.43. The first kappa shape index (κ1) is 10.9. The lowest BCUT2D eigenvalue weighted by atomic mass is 10.2. The van der Waals surface area contributed by atoms with Gasteiger partial charge >= 0.3 is 0 Å². The molecule has 0 aliphatic rings. The van der Waals surface area contributed by atoms with Crippen molar-refractivity contribution in [1.82, 2.24) is 9.97 Å². The van der Waals surface area contributed by atoms with Crippen LogP contribution in [-0.4, -0.2) is 9.97 Å². The van der Waals surface area contributed by atoms with Gasteiger partial charge in [-0.3, -0.25) is 9.97 Å². The molecule has 0 saturated heterocycles. The molecule has 0 saturated carbocycles. The van der Waals surface area contributed by atoms with Crippen LogP contribution in [0.4, 0.5) is 0 Å². The van der Waals surface area contributed by atoms with Crippen molar-refractivity contribution in [2.45, 2.75) is 39.5 Å². The predicted molar refractivity (Wildman–Crippen MR) is 59.9 cm³/mol. The Morgan fingerprint density at radius 3 is 2.71 bits per heavy atom. The summed E-state index contributed by atoms with van der Waals surface area (Å²) in [5.74, 6) is 0. The van der Waals surface area contributed by atoms with Gasteiger partial charge in [-0.25, -0.2) is 0 Å². The summed E-state index contributed by atoms with van der Waals surface area (Å²) in [7, 11) is 0. The average molecular weight is 190 g/mol. The third-order valence-electron chi connectivity index (χ3n) is 2.06. The second kappa shape index (κ2) is 6.30. The average Bonchev–Trinajstić information content (AvgIpc) is 2.21. The molecule has 0 bridgehead atoms. The van der Waals surface area contributed by atoms with Gasteiger partial charge in [0.15, 0.2) is 0 Å². The van der Waals surface area contributed by atoms with Crippen LogP contribution in [0.25, 0.3) is 6.08 Å². The van der Waals surface area contributed by atoms with Gasteiger partial charge in [0.2, 0.25) is 0 Å². The van der Waals surface area contributed by atoms with Crippen molar-refractivity contribution < 1.29 is 0 Å². The fraction of sp³-hybridized carbons (Fsp3) is 0.500. The Morgan fingerprint density at radius 1 is 1.21 bits per heavy atom. The van der Waals surface area contributed by atoms with Crippen LogP contribution in [0.5, 0.6) is 0 Å². The number of allylic oxidation sites excluding steroid dienone is 1. The normalized spacial score (nSPS) is 11.0. The SMILES string of the molecule is CCCCC/C=C/c1cnc(C)cn1. The van der Waals surface area contributed by atoms with Gasteiger partial charge < -0.3 is 0 Å². The van der Waals surface area contributed by atoms with Gasteiger partial charge in [-0.15, -0.1) is 0 Å². The molecule has 2 heteroatoms. The molecular weight excluding hydrogens is 172 g/mol. The highest BCUT2D eigenvalue weighted by atomic mass is 14.8. The zero-order valence-electron chi connectivity index (χ0n) is 9.03. The lowest BCUT2D eigenvalue weighted by Gasteiger charge is -1.94. The van der Waals surface area contributed by atoms with Gasteiger partial charge in [-0.2, -0.15) is 0 Å². The van der Waals surface area contributed by atoms with Crippen molar-refractivity contribution in [3.63, 3.8) is 0 Å². The first-order valence-corrected chi connectivity index (χ1v) is 5.28. The molecule has 0 aliphatic heterocycles. The number of aryl methyl sites for hydroxylation is 1. The number of nitrogens with zero attached hydrogens (tertiary/aromatic N) is 2. The minimum atomic E-state index is 0.951. The molecule has 0 spiro atoms. The van der Waals surface area contributed by atoms with Crippen molar-refractivity contribution in [3.8, 4) is 0 Å². The van der Waals surface area contributed by atoms with Gasteiger partial charge in [-0.1, -0.05) is 25.8 Å². The van der Waals surface area contributed by atoms with Gasteiger partial charge in [0, 0.05) is 6.20 Å². The Labute approximate surface area is 86.1 Å². The van der Waals surface area contributed by atoms with E-state index in [1.807, 2.05) is 19.2 Å². The van der Waals surface area contributed by atoms with Crippen molar-refractivity contribution in [3.05, 3.63) is 29.9 Å². The van der Waals surface area contributed by atoms with Crippen LogP contribution < -0.4 is 0 Å². The smallest absolute Gasteiger partial charge is 0.0809 e. The highest BCUT2D eigenvalue weighted by Crippen LogP contribution is 2.02. The van der Waals surface area contributed by atoms with E-state index in [2.05, 4.69) is 23.0 Å². The van der Waals surface area contributed by atoms with E-state index in [0.29, 0.717) is 0 Å². The molecule has 0 amide bonds. The summed E-state index contributed by atoms with van der Waals surface area (Å²) in [6, 6.07) is 0. The predicted octanol–water partition coefficient (Wildman–Crippen LogP) is 3.38. The van der Waals surface area contributed by atoms with Crippen molar-refractivity contribution >= 4 is 6.08 Å². The lowest BCUT2D eigenvalue weighted by molar-refractivity contribution is 0.730. The molecule has 0 unspecified atom stereocenters. The van der Waals surface area contributed by atoms with E-state index in [-0.39, 0.29) is 0 Å². The molecule has 1 aromatic rings. The highest BCUT2D eigenvalue weighted by molar-refractivity contribution is 5.42. The number of unbranched alkanes of at least 4 members (excludes halogenated alkanes) is 3. The maximum atomic E-state index is 4.25. The van der Waals surface area contributed by atoms with Crippen LogP contribution in [0.3, 0.4) is 0 Å². The molecule has 1 rings (SSSR count). The zero-order chi connectivity index (χ0) is 10.2. The zero-order valence-corrected chi connectivity index (χ0v) is 9.03. The van der Waals surface area contributed by atoms with E-state index < -0.39 is 0 Å². The summed E-state index contributed by atoms with van der Waals surface area (Å²) in [6.07, 6.45) is 12.8. The monoisotopic (exact) mass is 190 g/mol. The molecule has 0 atom stereocenters. The molecule has 2 nitrogen and oxygen atoms in total. The third-order valence-corrected chi connectivity index (χ3v) is 2.06. The second-order valence-corrected chi connectivity index (χ2v) is 3.48. The Kier molecular flexibility index (Phi) is 4.90. The number of hydrogen-bond acceptors (Lipinski definition) is 2. The van der Waals surface area contributed by atoms with Crippen LogP contribution in [0.1, 0.15) is 44.0 Å². The van der Waals surface area contributed by atoms with E-state index in [1.165, 1.54) is 19.3 Å². The number of aromatic nitrogens is 2. The minimum absolute atomic E-state index is 0.951. The fourth-order valence-corrected chi connectivity index (χ4v) is 1.20. The molecule has 1 aromatic heterocycles. The number of rotatable bonds is 5. The van der Waals surface area contributed by atoms with E-state index in [4.69, 9.17) is 0 Å². The Bertz CT molecular complexity index is 275. The summed E-state index contributed by atoms with van der Waals surface area (Å²) in [5.41, 5.74) is 1.92. The van der Waals surface area contributed by atoms with Gasteiger partial charge in [-0.05, 0) is 25.8 Å². The number of hydrogen-bond donors (Lipinski definition) is 0. The third kappa shape index (κ3) is 4.17. The summed E-state index contributed by atoms with van der Waals surface area (Å²) >= 11 is 0. The van der Waals surface area contributed by atoms with E-state index in [0.717, 1.165) is 17.8 Å². The summed E-state index contributed by atoms with van der Waals surface area (Å²) in [5, 5.41) is 0. The van der Waals surface area contributed by atoms with E-state index in [9.17, 15) is 0 Å². The van der Waals surface area contributed by atoms with Crippen LogP contribution in [-0.2, 0) is 0 Å². The molecule has 0 N–H and O–H groups in total. The topological polar surface area (TPSA) is 25.8 Å². The van der Waals surface area contributed by atoms with Gasteiger partial charge in [0.1, 0.15) is 0 Å². The van der Waals surface area contributed by atoms with Crippen molar-refractivity contribution in [1.29, 1.82) is 0 Å². The Hall–Kier alpha value is -1.18. The molecule has 0 fully saturated rings. The lowest BCUT2D eigenvalue weighted by Crippen LogP contribution is -1.85. The molecule has 0 aliphatic carbocycles. The van der Waals surface area contributed by atoms with Crippen LogP contribution in [0.15, 0.2) is 18.5 Å². The minimum Gasteiger partial charge on any atom is -0.258 e. The van der Waals surface area contributed by atoms with Gasteiger partial charge in [0.25, 0.3) is 0 Å². The van der Waals surface area contributed by atoms with E-state index in [1.54, 1.807) is 6.20 Å². The van der Waals surface area contributed by atoms with Crippen LogP contribution in [0.2, 0.25) is 0 Å². The van der Waals surface area contributed by atoms with Crippen molar-refractivity contribution in [2.75, 3.05) is 0 Å². The molecule has 0 radical (unpaired) electrons. The first-order chi connectivity index (χ1) is 6.83. The summed E-state index contributed by atoms with van der Waals surface area (Å²) < 4.78 is 0. The second-order valence-electron chi connectivity index (χ2n) is 3.48. The quantitative estimate of drug-likeness (QED) is 0.665. The first-order valence-electron chi connectivity index (χ1n) is 5.28. The van der Waals surface area contributed by atoms with Crippen molar-refractivity contribution in [2.24, 2.45) is 0 Å². The molecule has 76 valence electrons. The standard InChI is InChI=1S/C12H18N2/c1-3-4-5-6-7-8-12-10-13-11(2)9-14-12/h7-10H,3-6H2,1-2H3/b8-7+. The van der Waals surface area contributed by atoms with Gasteiger partial charge in [0.05, 0.1) is 17.6 Å². The van der Waals surface area contributed by atoms with E-state index >= 15 is 0 Å². The molecule has 1 heterocycles. The Morgan fingerprint density at radius 2 is 2.07 bits per heavy atom. The maximum Gasteiger partial charge on any atom is 0.0809 e. The molecule has 14 heavy (non-hydrogen) atoms. The molecule has 0 aromatic carbocycles.